The van der Waals surface area contributed by atoms with E-state index < -0.39 is 0 Å². The molecular formula is C16H20N2O2Te2. The molecule has 0 saturated carbocycles. The summed E-state index contributed by atoms with van der Waals surface area (Å²) in [5.41, 5.74) is 13.5. The Bertz CT molecular complexity index is 580. The summed E-state index contributed by atoms with van der Waals surface area (Å²) in [6, 6.07) is 12.1. The van der Waals surface area contributed by atoms with E-state index in [1.807, 2.05) is 38.1 Å². The van der Waals surface area contributed by atoms with Gasteiger partial charge in [0.05, 0.1) is 0 Å². The molecule has 2 aromatic carbocycles. The summed E-state index contributed by atoms with van der Waals surface area (Å²) in [6.45, 7) is 5.24. The molecule has 0 aliphatic carbocycles. The van der Waals surface area contributed by atoms with Gasteiger partial charge in [0, 0.05) is 0 Å². The van der Waals surface area contributed by atoms with Gasteiger partial charge >= 0.3 is 149 Å². The molecule has 0 saturated heterocycles. The van der Waals surface area contributed by atoms with Crippen LogP contribution >= 0.6 is 0 Å². The molecule has 0 radical (unpaired) electrons. The number of ether oxygens (including phenoxy) is 2. The average molecular weight is 528 g/mol. The fourth-order valence-corrected chi connectivity index (χ4v) is 13.1. The van der Waals surface area contributed by atoms with Crippen molar-refractivity contribution in [2.75, 3.05) is 24.7 Å². The van der Waals surface area contributed by atoms with Crippen LogP contribution in [0.25, 0.3) is 0 Å². The molecule has 118 valence electrons. The van der Waals surface area contributed by atoms with Gasteiger partial charge < -0.3 is 0 Å². The van der Waals surface area contributed by atoms with Crippen LogP contribution in [0.1, 0.15) is 13.8 Å². The number of anilines is 2. The van der Waals surface area contributed by atoms with Crippen LogP contribution < -0.4 is 28.2 Å². The molecule has 4 nitrogen and oxygen atoms in total. The summed E-state index contributed by atoms with van der Waals surface area (Å²) < 4.78 is 14.0. The van der Waals surface area contributed by atoms with Crippen LogP contribution in [0.5, 0.6) is 11.5 Å². The number of benzene rings is 2. The standard InChI is InChI=1S/C16H20N2O2Te2/c1-3-19-15-11(17)7-5-9-13(15)21-22-14-10-6-8-12(18)16(14)20-4-2/h5-10H,3-4,17-18H2,1-2H3. The Morgan fingerprint density at radius 3 is 1.55 bits per heavy atom. The molecule has 0 aliphatic rings. The molecule has 6 heteroatoms. The van der Waals surface area contributed by atoms with Gasteiger partial charge in [0.25, 0.3) is 0 Å². The molecule has 0 fully saturated rings. The Kier molecular flexibility index (Phi) is 6.99. The molecule has 4 N–H and O–H groups in total. The van der Waals surface area contributed by atoms with Crippen LogP contribution in [-0.4, -0.2) is 47.3 Å². The van der Waals surface area contributed by atoms with Crippen molar-refractivity contribution in [1.82, 2.24) is 0 Å². The Morgan fingerprint density at radius 1 is 0.773 bits per heavy atom. The number of hydrogen-bond acceptors (Lipinski definition) is 4. The Hall–Kier alpha value is -0.781. The first-order valence-electron chi connectivity index (χ1n) is 7.04. The minimum absolute atomic E-state index is 0.356. The van der Waals surface area contributed by atoms with Gasteiger partial charge in [0.15, 0.2) is 0 Å². The first-order valence-corrected chi connectivity index (χ1v) is 16.7. The van der Waals surface area contributed by atoms with Crippen molar-refractivity contribution in [3.63, 3.8) is 0 Å². The second kappa shape index (κ2) is 8.75. The van der Waals surface area contributed by atoms with Gasteiger partial charge in [0.1, 0.15) is 0 Å². The first kappa shape index (κ1) is 17.6. The number of hydrogen-bond donors (Lipinski definition) is 2. The number of rotatable bonds is 7. The fraction of sp³-hybridized carbons (Fsp3) is 0.250. The van der Waals surface area contributed by atoms with Crippen molar-refractivity contribution in [1.29, 1.82) is 0 Å². The topological polar surface area (TPSA) is 70.5 Å². The number of nitrogen functional groups attached to an aromatic ring is 2. The van der Waals surface area contributed by atoms with E-state index in [1.165, 1.54) is 7.22 Å². The molecule has 2 rings (SSSR count). The number of nitrogens with two attached hydrogens (primary N) is 2. The zero-order valence-corrected chi connectivity index (χ0v) is 17.3. The Morgan fingerprint density at radius 2 is 1.18 bits per heavy atom. The average Bonchev–Trinajstić information content (AvgIpc) is 2.51. The summed E-state index contributed by atoms with van der Waals surface area (Å²) >= 11 is -0.711. The summed E-state index contributed by atoms with van der Waals surface area (Å²) in [6.07, 6.45) is 0. The van der Waals surface area contributed by atoms with Crippen LogP contribution in [0, 0.1) is 0 Å². The van der Waals surface area contributed by atoms with Crippen molar-refractivity contribution in [2.24, 2.45) is 0 Å². The first-order chi connectivity index (χ1) is 10.7. The Labute approximate surface area is 147 Å². The Balaban J connectivity index is 2.20. The predicted molar refractivity (Wildman–Crippen MR) is 94.8 cm³/mol. The van der Waals surface area contributed by atoms with Gasteiger partial charge in [-0.05, 0) is 0 Å². The van der Waals surface area contributed by atoms with Gasteiger partial charge in [-0.15, -0.1) is 0 Å². The number of para-hydroxylation sites is 2. The van der Waals surface area contributed by atoms with E-state index in [4.69, 9.17) is 20.9 Å². The zero-order valence-electron chi connectivity index (χ0n) is 12.7. The molecule has 2 aromatic rings. The van der Waals surface area contributed by atoms with Gasteiger partial charge in [-0.1, -0.05) is 0 Å². The second-order valence-corrected chi connectivity index (χ2v) is 14.2. The molecule has 0 bridgehead atoms. The maximum absolute atomic E-state index is 6.04. The van der Waals surface area contributed by atoms with E-state index in [9.17, 15) is 0 Å². The molecule has 0 aromatic heterocycles. The van der Waals surface area contributed by atoms with Crippen molar-refractivity contribution >= 4 is 52.7 Å². The fourth-order valence-electron chi connectivity index (χ4n) is 1.88. The molecule has 0 heterocycles. The molecular weight excluding hydrogens is 507 g/mol. The monoisotopic (exact) mass is 532 g/mol. The van der Waals surface area contributed by atoms with Crippen molar-refractivity contribution in [2.45, 2.75) is 13.8 Å². The van der Waals surface area contributed by atoms with Crippen LogP contribution in [0.15, 0.2) is 36.4 Å². The normalized spacial score (nSPS) is 10.5. The van der Waals surface area contributed by atoms with Crippen LogP contribution in [0.3, 0.4) is 0 Å². The molecule has 0 spiro atoms. The predicted octanol–water partition coefficient (Wildman–Crippen LogP) is 0.923. The maximum atomic E-state index is 6.04. The van der Waals surface area contributed by atoms with E-state index in [2.05, 4.69) is 12.1 Å². The van der Waals surface area contributed by atoms with Gasteiger partial charge in [-0.2, -0.15) is 0 Å². The van der Waals surface area contributed by atoms with Crippen molar-refractivity contribution < 1.29 is 9.47 Å². The van der Waals surface area contributed by atoms with Crippen LogP contribution in [-0.2, 0) is 0 Å². The molecule has 0 amide bonds. The van der Waals surface area contributed by atoms with E-state index in [0.29, 0.717) is 13.2 Å². The SMILES string of the molecule is CCOc1c(N)cccc1[Te][Te]c1cccc(N)c1OCC. The minimum atomic E-state index is -0.356. The van der Waals surface area contributed by atoms with E-state index in [-0.39, 0.29) is 34.1 Å². The van der Waals surface area contributed by atoms with E-state index >= 15 is 0 Å². The summed E-state index contributed by atoms with van der Waals surface area (Å²) in [4.78, 5) is 0. The van der Waals surface area contributed by atoms with Gasteiger partial charge in [-0.3, -0.25) is 0 Å². The molecule has 0 unspecified atom stereocenters. The van der Waals surface area contributed by atoms with Crippen LogP contribution in [0.2, 0.25) is 0 Å². The van der Waals surface area contributed by atoms with Crippen molar-refractivity contribution in [3.05, 3.63) is 36.4 Å². The van der Waals surface area contributed by atoms with Gasteiger partial charge in [0.2, 0.25) is 0 Å². The molecule has 0 aliphatic heterocycles. The van der Waals surface area contributed by atoms with Crippen LogP contribution in [0.4, 0.5) is 11.4 Å². The molecule has 0 atom stereocenters. The zero-order chi connectivity index (χ0) is 15.9. The van der Waals surface area contributed by atoms with Crippen molar-refractivity contribution in [3.8, 4) is 11.5 Å². The summed E-state index contributed by atoms with van der Waals surface area (Å²) in [7, 11) is 0. The summed E-state index contributed by atoms with van der Waals surface area (Å²) in [5.74, 6) is 1.75. The third kappa shape index (κ3) is 4.37. The van der Waals surface area contributed by atoms with E-state index in [0.717, 1.165) is 22.9 Å². The van der Waals surface area contributed by atoms with E-state index in [1.54, 1.807) is 0 Å². The summed E-state index contributed by atoms with van der Waals surface area (Å²) in [5, 5.41) is 0. The van der Waals surface area contributed by atoms with Gasteiger partial charge in [-0.25, -0.2) is 0 Å². The second-order valence-electron chi connectivity index (χ2n) is 4.38. The third-order valence-electron chi connectivity index (χ3n) is 2.82. The third-order valence-corrected chi connectivity index (χ3v) is 14.4. The molecule has 22 heavy (non-hydrogen) atoms. The quantitative estimate of drug-likeness (QED) is 0.415.